The molecule has 2 saturated heterocycles. The number of hydrogen-bond donors (Lipinski definition) is 2. The Morgan fingerprint density at radius 2 is 1.22 bits per heavy atom. The third-order valence-electron chi connectivity index (χ3n) is 5.84. The van der Waals surface area contributed by atoms with Crippen LogP contribution in [0.3, 0.4) is 0 Å². The Balaban J connectivity index is 1.46. The minimum absolute atomic E-state index is 0.0856. The largest absolute Gasteiger partial charge is 0.358 e. The topological polar surface area (TPSA) is 173 Å². The number of ether oxygens (including phenoxy) is 1. The van der Waals surface area contributed by atoms with Crippen LogP contribution in [0.5, 0.6) is 0 Å². The van der Waals surface area contributed by atoms with E-state index < -0.39 is 25.8 Å². The molecule has 0 radical (unpaired) electrons. The molecule has 0 amide bonds. The van der Waals surface area contributed by atoms with E-state index in [0.717, 1.165) is 24.1 Å². The Morgan fingerprint density at radius 1 is 0.750 bits per heavy atom. The molecule has 0 atom stereocenters. The SMILES string of the molecule is NOOSc1ccc(S(=O)(=O)N2CCC3(CC2)OCCN3S(=O)(=O)c2ccc(SOON)cc2)cc1. The summed E-state index contributed by atoms with van der Waals surface area (Å²) in [7, 11) is -7.69. The second kappa shape index (κ2) is 11.6. The van der Waals surface area contributed by atoms with Crippen molar-refractivity contribution in [3.63, 3.8) is 0 Å². The molecule has 2 fully saturated rings. The fourth-order valence-electron chi connectivity index (χ4n) is 4.13. The number of hydrogen-bond acceptors (Lipinski definition) is 13. The van der Waals surface area contributed by atoms with Crippen LogP contribution in [-0.2, 0) is 43.4 Å². The summed E-state index contributed by atoms with van der Waals surface area (Å²) in [6, 6.07) is 12.1. The van der Waals surface area contributed by atoms with E-state index in [2.05, 4.69) is 18.6 Å². The molecule has 36 heavy (non-hydrogen) atoms. The van der Waals surface area contributed by atoms with E-state index in [9.17, 15) is 16.8 Å². The van der Waals surface area contributed by atoms with Gasteiger partial charge in [-0.1, -0.05) is 0 Å². The molecule has 13 nitrogen and oxygen atoms in total. The molecular weight excluding hydrogens is 556 g/mol. The highest BCUT2D eigenvalue weighted by molar-refractivity contribution is 7.94. The monoisotopic (exact) mass is 580 g/mol. The molecule has 2 aliphatic heterocycles. The predicted octanol–water partition coefficient (Wildman–Crippen LogP) is 1.55. The molecule has 0 saturated carbocycles. The highest BCUT2D eigenvalue weighted by Gasteiger charge is 2.51. The Labute approximate surface area is 217 Å². The molecule has 2 aromatic rings. The van der Waals surface area contributed by atoms with Gasteiger partial charge >= 0.3 is 0 Å². The van der Waals surface area contributed by atoms with E-state index in [0.29, 0.717) is 9.79 Å². The van der Waals surface area contributed by atoms with Crippen molar-refractivity contribution >= 4 is 44.1 Å². The fraction of sp³-hybridized carbons (Fsp3) is 0.368. The molecule has 17 heteroatoms. The summed E-state index contributed by atoms with van der Waals surface area (Å²) in [6.07, 6.45) is 0.382. The molecule has 2 heterocycles. The quantitative estimate of drug-likeness (QED) is 0.236. The number of benzene rings is 2. The highest BCUT2D eigenvalue weighted by Crippen LogP contribution is 2.39. The molecule has 4 rings (SSSR count). The third kappa shape index (κ3) is 5.73. The number of rotatable bonds is 10. The van der Waals surface area contributed by atoms with Gasteiger partial charge in [0.1, 0.15) is 5.72 Å². The van der Waals surface area contributed by atoms with Crippen molar-refractivity contribution in [2.45, 2.75) is 38.1 Å². The number of piperidine rings is 1. The number of nitrogens with zero attached hydrogens (tertiary/aromatic N) is 2. The van der Waals surface area contributed by atoms with E-state index in [1.807, 2.05) is 0 Å². The first-order valence-corrected chi connectivity index (χ1v) is 14.9. The van der Waals surface area contributed by atoms with Gasteiger partial charge in [0.25, 0.3) is 0 Å². The van der Waals surface area contributed by atoms with Crippen LogP contribution in [0.2, 0.25) is 0 Å². The zero-order valence-electron chi connectivity index (χ0n) is 18.7. The lowest BCUT2D eigenvalue weighted by Gasteiger charge is -2.42. The standard InChI is InChI=1S/C19H24N4O9S4/c20-29-31-33-15-1-5-17(6-2-15)35(24,25)22-11-9-19(10-12-22)23(13-14-28-19)36(26,27)18-7-3-16(4-8-18)34-32-30-21/h1-8H,9-14,20-21H2. The summed E-state index contributed by atoms with van der Waals surface area (Å²) in [5, 5.41) is 0. The minimum atomic E-state index is -3.90. The summed E-state index contributed by atoms with van der Waals surface area (Å²) in [6.45, 7) is 0.584. The van der Waals surface area contributed by atoms with Gasteiger partial charge in [0.15, 0.2) is 0 Å². The molecule has 4 N–H and O–H groups in total. The molecule has 0 aliphatic carbocycles. The van der Waals surface area contributed by atoms with E-state index in [-0.39, 0.29) is 48.9 Å². The van der Waals surface area contributed by atoms with Crippen LogP contribution in [0.4, 0.5) is 0 Å². The first-order chi connectivity index (χ1) is 17.2. The van der Waals surface area contributed by atoms with Crippen molar-refractivity contribution in [3.8, 4) is 0 Å². The van der Waals surface area contributed by atoms with Gasteiger partial charge in [0.05, 0.1) is 40.5 Å². The average molecular weight is 581 g/mol. The van der Waals surface area contributed by atoms with E-state index >= 15 is 0 Å². The first-order valence-electron chi connectivity index (χ1n) is 10.5. The van der Waals surface area contributed by atoms with Crippen molar-refractivity contribution in [2.24, 2.45) is 11.8 Å². The van der Waals surface area contributed by atoms with Gasteiger partial charge in [-0.3, -0.25) is 0 Å². The summed E-state index contributed by atoms with van der Waals surface area (Å²) in [5.41, 5.74) is -1.12. The maximum atomic E-state index is 13.4. The van der Waals surface area contributed by atoms with E-state index in [4.69, 9.17) is 16.5 Å². The summed E-state index contributed by atoms with van der Waals surface area (Å²) >= 11 is 1.68. The zero-order valence-corrected chi connectivity index (χ0v) is 22.0. The van der Waals surface area contributed by atoms with Gasteiger partial charge in [-0.25, -0.2) is 16.8 Å². The van der Waals surface area contributed by atoms with Crippen LogP contribution in [0.25, 0.3) is 0 Å². The summed E-state index contributed by atoms with van der Waals surface area (Å²) in [4.78, 5) is 9.45. The molecule has 0 bridgehead atoms. The second-order valence-corrected chi connectivity index (χ2v) is 13.1. The summed E-state index contributed by atoms with van der Waals surface area (Å²) in [5.74, 6) is 9.62. The van der Waals surface area contributed by atoms with Gasteiger partial charge in [0, 0.05) is 42.3 Å². The van der Waals surface area contributed by atoms with Gasteiger partial charge < -0.3 is 4.74 Å². The predicted molar refractivity (Wildman–Crippen MR) is 128 cm³/mol. The minimum Gasteiger partial charge on any atom is -0.358 e. The molecule has 2 aromatic carbocycles. The van der Waals surface area contributed by atoms with Crippen molar-refractivity contribution < 1.29 is 40.2 Å². The lowest BCUT2D eigenvalue weighted by atomic mass is 10.0. The molecule has 1 spiro atoms. The third-order valence-corrected chi connectivity index (χ3v) is 10.9. The molecular formula is C19H24N4O9S4. The maximum Gasteiger partial charge on any atom is 0.245 e. The van der Waals surface area contributed by atoms with Gasteiger partial charge in [-0.15, -0.1) is 18.6 Å². The Kier molecular flexibility index (Phi) is 8.93. The van der Waals surface area contributed by atoms with Crippen LogP contribution in [-0.4, -0.2) is 57.4 Å². The Hall–Kier alpha value is -1.32. The van der Waals surface area contributed by atoms with Crippen LogP contribution in [0.15, 0.2) is 68.1 Å². The molecule has 2 aliphatic rings. The van der Waals surface area contributed by atoms with Crippen LogP contribution in [0.1, 0.15) is 12.8 Å². The molecule has 0 aromatic heterocycles. The molecule has 198 valence electrons. The van der Waals surface area contributed by atoms with E-state index in [1.165, 1.54) is 32.9 Å². The Morgan fingerprint density at radius 3 is 1.69 bits per heavy atom. The second-order valence-electron chi connectivity index (χ2n) is 7.71. The lowest BCUT2D eigenvalue weighted by Crippen LogP contribution is -2.55. The van der Waals surface area contributed by atoms with Crippen LogP contribution in [0, 0.1) is 0 Å². The van der Waals surface area contributed by atoms with Crippen molar-refractivity contribution in [1.82, 2.24) is 8.61 Å². The van der Waals surface area contributed by atoms with Crippen molar-refractivity contribution in [2.75, 3.05) is 26.2 Å². The normalized spacial score (nSPS) is 19.2. The van der Waals surface area contributed by atoms with Crippen molar-refractivity contribution in [1.29, 1.82) is 0 Å². The number of sulfonamides is 2. The van der Waals surface area contributed by atoms with E-state index in [1.54, 1.807) is 24.3 Å². The highest BCUT2D eigenvalue weighted by atomic mass is 32.2. The van der Waals surface area contributed by atoms with Gasteiger partial charge in [-0.05, 0) is 48.5 Å². The van der Waals surface area contributed by atoms with Crippen LogP contribution >= 0.6 is 24.1 Å². The Bertz CT molecular complexity index is 1240. The van der Waals surface area contributed by atoms with Crippen molar-refractivity contribution in [3.05, 3.63) is 48.5 Å². The molecule has 0 unspecified atom stereocenters. The van der Waals surface area contributed by atoms with Crippen LogP contribution < -0.4 is 11.8 Å². The number of nitrogens with two attached hydrogens (primary N) is 2. The smallest absolute Gasteiger partial charge is 0.245 e. The first kappa shape index (κ1) is 27.7. The zero-order chi connectivity index (χ0) is 25.8. The average Bonchev–Trinajstić information content (AvgIpc) is 3.30. The lowest BCUT2D eigenvalue weighted by molar-refractivity contribution is -0.195. The fourth-order valence-corrected chi connectivity index (χ4v) is 8.03. The summed E-state index contributed by atoms with van der Waals surface area (Å²) < 4.78 is 70.9. The maximum absolute atomic E-state index is 13.4. The van der Waals surface area contributed by atoms with Gasteiger partial charge in [-0.2, -0.15) is 20.4 Å². The van der Waals surface area contributed by atoms with Gasteiger partial charge in [0.2, 0.25) is 20.0 Å².